The van der Waals surface area contributed by atoms with Crippen LogP contribution in [0.1, 0.15) is 12.3 Å². The van der Waals surface area contributed by atoms with Gasteiger partial charge in [-0.2, -0.15) is 4.98 Å². The van der Waals surface area contributed by atoms with E-state index < -0.39 is 41.5 Å². The Bertz CT molecular complexity index is 1030. The first kappa shape index (κ1) is 20.0. The molecule has 0 aliphatic rings. The van der Waals surface area contributed by atoms with E-state index in [1.165, 1.54) is 0 Å². The fourth-order valence-corrected chi connectivity index (χ4v) is 2.28. The molecule has 150 valence electrons. The lowest BCUT2D eigenvalue weighted by Gasteiger charge is -2.08. The van der Waals surface area contributed by atoms with Crippen molar-refractivity contribution in [3.8, 4) is 11.4 Å². The summed E-state index contributed by atoms with van der Waals surface area (Å²) < 4.78 is 44.6. The van der Waals surface area contributed by atoms with Crippen molar-refractivity contribution in [3.63, 3.8) is 0 Å². The molecular formula is C18H14F3N5O3. The maximum Gasteiger partial charge on any atom is 0.243 e. The van der Waals surface area contributed by atoms with Crippen LogP contribution in [-0.2, 0) is 16.0 Å². The number of nitrogens with zero attached hydrogens (tertiary/aromatic N) is 3. The largest absolute Gasteiger partial charge is 0.347 e. The Morgan fingerprint density at radius 2 is 1.76 bits per heavy atom. The molecule has 3 rings (SSSR count). The van der Waals surface area contributed by atoms with Crippen molar-refractivity contribution in [2.75, 3.05) is 11.9 Å². The molecule has 2 heterocycles. The summed E-state index contributed by atoms with van der Waals surface area (Å²) >= 11 is 0. The first-order valence-electron chi connectivity index (χ1n) is 8.37. The van der Waals surface area contributed by atoms with E-state index in [1.807, 2.05) is 5.32 Å². The van der Waals surface area contributed by atoms with Gasteiger partial charge in [-0.05, 0) is 24.3 Å². The fourth-order valence-electron chi connectivity index (χ4n) is 2.28. The van der Waals surface area contributed by atoms with Crippen molar-refractivity contribution in [1.29, 1.82) is 0 Å². The van der Waals surface area contributed by atoms with E-state index in [-0.39, 0.29) is 18.7 Å². The molecular weight excluding hydrogens is 391 g/mol. The molecule has 0 spiro atoms. The number of pyridine rings is 1. The number of hydrogen-bond donors (Lipinski definition) is 2. The Morgan fingerprint density at radius 3 is 2.52 bits per heavy atom. The molecule has 0 aliphatic heterocycles. The highest BCUT2D eigenvalue weighted by molar-refractivity contribution is 5.94. The van der Waals surface area contributed by atoms with Crippen molar-refractivity contribution >= 4 is 17.5 Å². The summed E-state index contributed by atoms with van der Waals surface area (Å²) in [6.07, 6.45) is 3.26. The third kappa shape index (κ3) is 5.15. The number of amides is 2. The zero-order chi connectivity index (χ0) is 20.8. The summed E-state index contributed by atoms with van der Waals surface area (Å²) in [6.45, 7) is -0.483. The topological polar surface area (TPSA) is 110 Å². The summed E-state index contributed by atoms with van der Waals surface area (Å²) in [5.41, 5.74) is 0.179. The molecule has 0 saturated heterocycles. The number of hydrogen-bond acceptors (Lipinski definition) is 6. The SMILES string of the molecule is O=C(CCc1nc(-c2ccncc2)no1)NCC(=O)Nc1ccc(F)c(F)c1F. The van der Waals surface area contributed by atoms with E-state index in [9.17, 15) is 22.8 Å². The molecule has 8 nitrogen and oxygen atoms in total. The predicted molar refractivity (Wildman–Crippen MR) is 93.8 cm³/mol. The minimum absolute atomic E-state index is 0.0369. The van der Waals surface area contributed by atoms with Gasteiger partial charge in [-0.3, -0.25) is 14.6 Å². The van der Waals surface area contributed by atoms with E-state index in [4.69, 9.17) is 4.52 Å². The quantitative estimate of drug-likeness (QED) is 0.584. The summed E-state index contributed by atoms with van der Waals surface area (Å²) in [4.78, 5) is 31.6. The molecule has 11 heteroatoms. The molecule has 0 unspecified atom stereocenters. The summed E-state index contributed by atoms with van der Waals surface area (Å²) in [5.74, 6) is -5.29. The third-order valence-electron chi connectivity index (χ3n) is 3.73. The lowest BCUT2D eigenvalue weighted by molar-refractivity contribution is -0.124. The number of anilines is 1. The molecule has 2 aromatic heterocycles. The van der Waals surface area contributed by atoms with Gasteiger partial charge >= 0.3 is 0 Å². The van der Waals surface area contributed by atoms with E-state index in [0.717, 1.165) is 6.07 Å². The number of rotatable bonds is 7. The van der Waals surface area contributed by atoms with Crippen LogP contribution >= 0.6 is 0 Å². The number of carbonyl (C=O) groups is 2. The standard InChI is InChI=1S/C18H14F3N5O3/c19-11-1-2-12(17(21)16(11)20)24-14(28)9-23-13(27)3-4-15-25-18(26-29-15)10-5-7-22-8-6-10/h1-2,5-8H,3-4,9H2,(H,23,27)(H,24,28). The van der Waals surface area contributed by atoms with Gasteiger partial charge in [-0.25, -0.2) is 13.2 Å². The predicted octanol–water partition coefficient (Wildman–Crippen LogP) is 2.24. The van der Waals surface area contributed by atoms with Gasteiger partial charge in [-0.1, -0.05) is 5.16 Å². The zero-order valence-electron chi connectivity index (χ0n) is 14.8. The number of nitrogens with one attached hydrogen (secondary N) is 2. The van der Waals surface area contributed by atoms with Gasteiger partial charge < -0.3 is 15.2 Å². The molecule has 0 atom stereocenters. The lowest BCUT2D eigenvalue weighted by Crippen LogP contribution is -2.33. The number of benzene rings is 1. The van der Waals surface area contributed by atoms with Crippen molar-refractivity contribution in [1.82, 2.24) is 20.4 Å². The molecule has 2 N–H and O–H groups in total. The van der Waals surface area contributed by atoms with Crippen LogP contribution < -0.4 is 10.6 Å². The Morgan fingerprint density at radius 1 is 1.00 bits per heavy atom. The lowest BCUT2D eigenvalue weighted by atomic mass is 10.2. The van der Waals surface area contributed by atoms with Crippen LogP contribution in [0.15, 0.2) is 41.2 Å². The minimum Gasteiger partial charge on any atom is -0.347 e. The van der Waals surface area contributed by atoms with Crippen molar-refractivity contribution in [2.24, 2.45) is 0 Å². The maximum atomic E-state index is 13.5. The van der Waals surface area contributed by atoms with Crippen LogP contribution in [0.25, 0.3) is 11.4 Å². The highest BCUT2D eigenvalue weighted by Gasteiger charge is 2.16. The molecule has 1 aromatic carbocycles. The number of aromatic nitrogens is 3. The van der Waals surface area contributed by atoms with Crippen LogP contribution in [0.3, 0.4) is 0 Å². The monoisotopic (exact) mass is 405 g/mol. The molecule has 0 saturated carbocycles. The molecule has 0 radical (unpaired) electrons. The molecule has 29 heavy (non-hydrogen) atoms. The van der Waals surface area contributed by atoms with Gasteiger partial charge in [0.05, 0.1) is 12.2 Å². The van der Waals surface area contributed by atoms with Gasteiger partial charge in [0, 0.05) is 30.8 Å². The summed E-state index contributed by atoms with van der Waals surface area (Å²) in [6, 6.07) is 4.96. The molecule has 0 aliphatic carbocycles. The Kier molecular flexibility index (Phi) is 6.17. The van der Waals surface area contributed by atoms with Crippen LogP contribution in [0.4, 0.5) is 18.9 Å². The van der Waals surface area contributed by atoms with E-state index >= 15 is 0 Å². The second-order valence-electron chi connectivity index (χ2n) is 5.80. The maximum absolute atomic E-state index is 13.5. The van der Waals surface area contributed by atoms with Crippen LogP contribution in [0.2, 0.25) is 0 Å². The van der Waals surface area contributed by atoms with Gasteiger partial charge in [0.15, 0.2) is 17.5 Å². The number of carbonyl (C=O) groups excluding carboxylic acids is 2. The summed E-state index contributed by atoms with van der Waals surface area (Å²) in [5, 5.41) is 8.17. The van der Waals surface area contributed by atoms with E-state index in [1.54, 1.807) is 24.5 Å². The van der Waals surface area contributed by atoms with Gasteiger partial charge in [-0.15, -0.1) is 0 Å². The first-order valence-corrected chi connectivity index (χ1v) is 8.37. The Balaban J connectivity index is 1.45. The minimum atomic E-state index is -1.70. The number of halogens is 3. The fraction of sp³-hybridized carbons (Fsp3) is 0.167. The van der Waals surface area contributed by atoms with Crippen LogP contribution in [0, 0.1) is 17.5 Å². The zero-order valence-corrected chi connectivity index (χ0v) is 14.8. The van der Waals surface area contributed by atoms with Crippen LogP contribution in [-0.4, -0.2) is 33.5 Å². The highest BCUT2D eigenvalue weighted by Crippen LogP contribution is 2.19. The van der Waals surface area contributed by atoms with E-state index in [0.29, 0.717) is 17.5 Å². The Hall–Kier alpha value is -3.76. The average molecular weight is 405 g/mol. The normalized spacial score (nSPS) is 10.6. The second-order valence-corrected chi connectivity index (χ2v) is 5.80. The van der Waals surface area contributed by atoms with Crippen molar-refractivity contribution in [2.45, 2.75) is 12.8 Å². The third-order valence-corrected chi connectivity index (χ3v) is 3.73. The van der Waals surface area contributed by atoms with Gasteiger partial charge in [0.2, 0.25) is 23.5 Å². The second kappa shape index (κ2) is 8.95. The molecule has 0 fully saturated rings. The van der Waals surface area contributed by atoms with Crippen molar-refractivity contribution in [3.05, 3.63) is 60.0 Å². The van der Waals surface area contributed by atoms with Crippen molar-refractivity contribution < 1.29 is 27.3 Å². The van der Waals surface area contributed by atoms with Gasteiger partial charge in [0.1, 0.15) is 0 Å². The van der Waals surface area contributed by atoms with E-state index in [2.05, 4.69) is 20.4 Å². The Labute approximate surface area is 162 Å². The van der Waals surface area contributed by atoms with Crippen LogP contribution in [0.5, 0.6) is 0 Å². The number of aryl methyl sites for hydroxylation is 1. The smallest absolute Gasteiger partial charge is 0.243 e. The summed E-state index contributed by atoms with van der Waals surface area (Å²) in [7, 11) is 0. The molecule has 3 aromatic rings. The first-order chi connectivity index (χ1) is 13.9. The van der Waals surface area contributed by atoms with Gasteiger partial charge in [0.25, 0.3) is 0 Å². The molecule has 2 amide bonds. The average Bonchev–Trinajstić information content (AvgIpc) is 3.21. The molecule has 0 bridgehead atoms. The highest BCUT2D eigenvalue weighted by atomic mass is 19.2.